The highest BCUT2D eigenvalue weighted by Crippen LogP contribution is 2.79. The zero-order chi connectivity index (χ0) is 40.6. The Morgan fingerprint density at radius 2 is 1.67 bits per heavy atom. The highest BCUT2D eigenvalue weighted by Gasteiger charge is 2.74. The van der Waals surface area contributed by atoms with Crippen LogP contribution in [0.5, 0.6) is 0 Å². The Morgan fingerprint density at radius 3 is 2.37 bits per heavy atom. The number of aromatic amines is 1. The van der Waals surface area contributed by atoms with Gasteiger partial charge in [-0.25, -0.2) is 4.98 Å². The Balaban J connectivity index is 0.993. The number of nitrogens with one attached hydrogen (secondary N) is 1. The summed E-state index contributed by atoms with van der Waals surface area (Å²) in [6.45, 7) is 19.2. The molecule has 2 N–H and O–H groups in total. The van der Waals surface area contributed by atoms with E-state index in [1.165, 1.54) is 43.4 Å². The van der Waals surface area contributed by atoms with Gasteiger partial charge in [-0.1, -0.05) is 47.6 Å². The lowest BCUT2D eigenvalue weighted by atomic mass is 9.32. The summed E-state index contributed by atoms with van der Waals surface area (Å²) in [5.41, 5.74) is 0.242. The van der Waals surface area contributed by atoms with E-state index in [9.17, 15) is 14.7 Å². The molecular formula is C48H69N3O5S. The van der Waals surface area contributed by atoms with Crippen LogP contribution in [-0.2, 0) is 19.1 Å². The Hall–Kier alpha value is -2.68. The third kappa shape index (κ3) is 5.75. The number of aromatic nitrogens is 2. The number of aliphatic carboxylic acids is 1. The van der Waals surface area contributed by atoms with E-state index in [1.807, 2.05) is 6.20 Å². The fourth-order valence-corrected chi connectivity index (χ4v) is 16.5. The van der Waals surface area contributed by atoms with Crippen LogP contribution < -0.4 is 0 Å². The summed E-state index contributed by atoms with van der Waals surface area (Å²) in [6.07, 6.45) is 17.2. The van der Waals surface area contributed by atoms with Gasteiger partial charge in [0.15, 0.2) is 0 Å². The molecule has 57 heavy (non-hydrogen) atoms. The van der Waals surface area contributed by atoms with Crippen molar-refractivity contribution in [1.82, 2.24) is 14.9 Å². The number of carboxylic acids is 1. The lowest BCUT2D eigenvalue weighted by molar-refractivity contribution is -0.251. The molecule has 7 fully saturated rings. The van der Waals surface area contributed by atoms with Gasteiger partial charge >= 0.3 is 11.9 Å². The smallest absolute Gasteiger partial charge is 0.309 e. The molecule has 6 saturated carbocycles. The Bertz CT molecular complexity index is 1910. The molecular weight excluding hydrogens is 731 g/mol. The average molecular weight is 800 g/mol. The van der Waals surface area contributed by atoms with Gasteiger partial charge in [0.05, 0.1) is 40.1 Å². The molecule has 7 aliphatic rings. The van der Waals surface area contributed by atoms with Gasteiger partial charge in [0.25, 0.3) is 0 Å². The number of amides is 1. The topological polar surface area (TPSA) is 113 Å². The predicted molar refractivity (Wildman–Crippen MR) is 223 cm³/mol. The normalized spacial score (nSPS) is 41.7. The lowest BCUT2D eigenvalue weighted by Gasteiger charge is -2.73. The van der Waals surface area contributed by atoms with Crippen LogP contribution in [0, 0.1) is 67.5 Å². The standard InChI is InChI=1S/C48H69N3O5S/c1-42(2,41(54)55)27-37(52)56-36-17-18-45(6)34(43(36,3)4)16-19-47(8)35(45)14-13-30-38-29(44(5)21-22-44)15-20-48(38,24-23-46(30,47)7)40(53)51-25-9-11-32(51)39-49-28-31(50-39)33-12-10-26-57-33/h10,12,26,28-30,32,34-36,38H,9,11,13-25,27H2,1-8H3,(H,49,50)(H,54,55)/t29-,30-,32?,34+,35-,36+,38-,45+,46-,47-,48+/m1/s1. The van der Waals surface area contributed by atoms with E-state index in [-0.39, 0.29) is 51.6 Å². The minimum atomic E-state index is -1.15. The minimum absolute atomic E-state index is 0.0232. The van der Waals surface area contributed by atoms with E-state index in [0.717, 1.165) is 69.4 Å². The summed E-state index contributed by atoms with van der Waals surface area (Å²) in [6, 6.07) is 4.24. The summed E-state index contributed by atoms with van der Waals surface area (Å²) in [5.74, 6) is 2.63. The Labute approximate surface area is 345 Å². The van der Waals surface area contributed by atoms with Gasteiger partial charge in [-0.05, 0) is 166 Å². The van der Waals surface area contributed by atoms with E-state index in [0.29, 0.717) is 40.9 Å². The number of ether oxygens (including phenoxy) is 1. The van der Waals surface area contributed by atoms with E-state index in [4.69, 9.17) is 9.72 Å². The van der Waals surface area contributed by atoms with Crippen LogP contribution in [0.3, 0.4) is 0 Å². The number of rotatable bonds is 8. The van der Waals surface area contributed by atoms with Crippen LogP contribution in [0.2, 0.25) is 0 Å². The minimum Gasteiger partial charge on any atom is -0.481 e. The first kappa shape index (κ1) is 39.8. The number of hydrogen-bond acceptors (Lipinski definition) is 6. The molecule has 312 valence electrons. The molecule has 6 aliphatic carbocycles. The maximum Gasteiger partial charge on any atom is 0.309 e. The summed E-state index contributed by atoms with van der Waals surface area (Å²) in [5, 5.41) is 11.8. The van der Waals surface area contributed by atoms with Crippen LogP contribution in [0.1, 0.15) is 164 Å². The van der Waals surface area contributed by atoms with Crippen LogP contribution in [0.4, 0.5) is 0 Å². The van der Waals surface area contributed by atoms with Gasteiger partial charge < -0.3 is 19.7 Å². The van der Waals surface area contributed by atoms with E-state index in [2.05, 4.69) is 68.9 Å². The molecule has 0 spiro atoms. The second kappa shape index (κ2) is 13.2. The second-order valence-corrected chi connectivity index (χ2v) is 23.6. The SMILES string of the molecule is CC(C)(CC(=O)O[C@H]1CC[C@]2(C)[C@H]3CC[C@@H]4[C@H]5[C@H](C6(C)CC6)CC[C@]5(C(=O)N5CCCC5c5ncc(-c6cccs6)[nH]5)CC[C@@]4(C)[C@]3(C)CC[C@H]2C1(C)C)C(=O)O. The largest absolute Gasteiger partial charge is 0.481 e. The number of carbonyl (C=O) groups is 3. The number of hydrogen-bond donors (Lipinski definition) is 2. The summed E-state index contributed by atoms with van der Waals surface area (Å²) >= 11 is 1.72. The first-order valence-corrected chi connectivity index (χ1v) is 23.5. The number of likely N-dealkylation sites (tertiary alicyclic amines) is 1. The first-order valence-electron chi connectivity index (χ1n) is 22.6. The van der Waals surface area contributed by atoms with Crippen LogP contribution >= 0.6 is 11.3 Å². The third-order valence-electron chi connectivity index (χ3n) is 19.4. The van der Waals surface area contributed by atoms with Crippen LogP contribution in [0.15, 0.2) is 23.7 Å². The zero-order valence-corrected chi connectivity index (χ0v) is 36.9. The van der Waals surface area contributed by atoms with E-state index in [1.54, 1.807) is 25.2 Å². The summed E-state index contributed by atoms with van der Waals surface area (Å²) in [7, 11) is 0. The quantitative estimate of drug-likeness (QED) is 0.257. The summed E-state index contributed by atoms with van der Waals surface area (Å²) in [4.78, 5) is 52.7. The first-order chi connectivity index (χ1) is 26.8. The molecule has 0 aromatic carbocycles. The van der Waals surface area contributed by atoms with Gasteiger partial charge in [-0.3, -0.25) is 14.4 Å². The van der Waals surface area contributed by atoms with Crippen molar-refractivity contribution >= 4 is 29.2 Å². The average Bonchev–Trinajstić information content (AvgIpc) is 3.74. The highest BCUT2D eigenvalue weighted by atomic mass is 32.1. The maximum atomic E-state index is 15.6. The van der Waals surface area contributed by atoms with Gasteiger partial charge in [0.1, 0.15) is 11.9 Å². The molecule has 9 rings (SSSR count). The maximum absolute atomic E-state index is 15.6. The van der Waals surface area contributed by atoms with E-state index < -0.39 is 11.4 Å². The molecule has 2 aromatic rings. The fraction of sp³-hybridized carbons (Fsp3) is 0.792. The number of imidazole rings is 1. The molecule has 8 nitrogen and oxygen atoms in total. The molecule has 0 radical (unpaired) electrons. The van der Waals surface area contributed by atoms with Crippen molar-refractivity contribution in [1.29, 1.82) is 0 Å². The lowest BCUT2D eigenvalue weighted by Crippen LogP contribution is -2.67. The molecule has 2 aromatic heterocycles. The third-order valence-corrected chi connectivity index (χ3v) is 20.3. The highest BCUT2D eigenvalue weighted by molar-refractivity contribution is 7.13. The number of thiophene rings is 1. The second-order valence-electron chi connectivity index (χ2n) is 22.7. The number of fused-ring (bicyclic) bond motifs is 7. The fourth-order valence-electron chi connectivity index (χ4n) is 15.8. The van der Waals surface area contributed by atoms with Crippen molar-refractivity contribution in [3.63, 3.8) is 0 Å². The van der Waals surface area contributed by atoms with Crippen molar-refractivity contribution < 1.29 is 24.2 Å². The molecule has 9 heteroatoms. The number of carboxylic acid groups (broad SMARTS) is 1. The van der Waals surface area contributed by atoms with Gasteiger partial charge in [0.2, 0.25) is 5.91 Å². The van der Waals surface area contributed by atoms with Crippen molar-refractivity contribution in [2.75, 3.05) is 6.54 Å². The number of esters is 1. The van der Waals surface area contributed by atoms with Crippen molar-refractivity contribution in [3.8, 4) is 10.6 Å². The molecule has 1 unspecified atom stereocenters. The number of nitrogens with zero attached hydrogens (tertiary/aromatic N) is 2. The molecule has 1 amide bonds. The van der Waals surface area contributed by atoms with Gasteiger partial charge in [-0.2, -0.15) is 0 Å². The number of carbonyl (C=O) groups excluding carboxylic acids is 2. The zero-order valence-electron chi connectivity index (χ0n) is 36.0. The Morgan fingerprint density at radius 1 is 0.895 bits per heavy atom. The molecule has 3 heterocycles. The van der Waals surface area contributed by atoms with Crippen LogP contribution in [-0.4, -0.2) is 50.5 Å². The van der Waals surface area contributed by atoms with Crippen molar-refractivity contribution in [2.24, 2.45) is 67.5 Å². The van der Waals surface area contributed by atoms with Crippen LogP contribution in [0.25, 0.3) is 10.6 Å². The Kier molecular flexibility index (Phi) is 9.18. The predicted octanol–water partition coefficient (Wildman–Crippen LogP) is 11.1. The van der Waals surface area contributed by atoms with Crippen molar-refractivity contribution in [3.05, 3.63) is 29.5 Å². The molecule has 0 bridgehead atoms. The molecule has 1 aliphatic heterocycles. The van der Waals surface area contributed by atoms with E-state index >= 15 is 4.79 Å². The monoisotopic (exact) mass is 799 g/mol. The van der Waals surface area contributed by atoms with Gasteiger partial charge in [0, 0.05) is 12.0 Å². The number of H-pyrrole nitrogens is 1. The van der Waals surface area contributed by atoms with Crippen molar-refractivity contribution in [2.45, 2.75) is 164 Å². The summed E-state index contributed by atoms with van der Waals surface area (Å²) < 4.78 is 6.24. The molecule has 1 saturated heterocycles. The van der Waals surface area contributed by atoms with Gasteiger partial charge in [-0.15, -0.1) is 11.3 Å². The molecule has 11 atom stereocenters.